The lowest BCUT2D eigenvalue weighted by atomic mass is 10.0. The van der Waals surface area contributed by atoms with Crippen molar-refractivity contribution in [1.29, 1.82) is 0 Å². The van der Waals surface area contributed by atoms with Crippen molar-refractivity contribution in [3.05, 3.63) is 65.0 Å². The Morgan fingerprint density at radius 2 is 1.75 bits per heavy atom. The van der Waals surface area contributed by atoms with E-state index in [4.69, 9.17) is 0 Å². The van der Waals surface area contributed by atoms with Crippen molar-refractivity contribution < 1.29 is 26.7 Å². The third-order valence-electron chi connectivity index (χ3n) is 2.55. The molecule has 104 valence electrons. The van der Waals surface area contributed by atoms with Crippen molar-refractivity contribution in [3.8, 4) is 0 Å². The van der Waals surface area contributed by atoms with Crippen LogP contribution in [0.2, 0.25) is 0 Å². The van der Waals surface area contributed by atoms with Crippen LogP contribution < -0.4 is 0 Å². The molecular formula is C13H6F5NO. The molecule has 0 fully saturated rings. The van der Waals surface area contributed by atoms with Gasteiger partial charge < -0.3 is 0 Å². The number of pyridine rings is 1. The number of nitrogens with zero attached hydrogens (tertiary/aromatic N) is 1. The maximum Gasteiger partial charge on any atom is 0.419 e. The van der Waals surface area contributed by atoms with E-state index in [1.54, 1.807) is 0 Å². The summed E-state index contributed by atoms with van der Waals surface area (Å²) in [5.74, 6) is -3.44. The number of halogens is 5. The van der Waals surface area contributed by atoms with Crippen LogP contribution >= 0.6 is 0 Å². The van der Waals surface area contributed by atoms with Crippen LogP contribution in [-0.2, 0) is 6.18 Å². The average Bonchev–Trinajstić information content (AvgIpc) is 2.37. The van der Waals surface area contributed by atoms with Crippen LogP contribution in [-0.4, -0.2) is 10.8 Å². The van der Waals surface area contributed by atoms with E-state index in [9.17, 15) is 26.7 Å². The maximum atomic E-state index is 13.4. The van der Waals surface area contributed by atoms with Crippen molar-refractivity contribution in [3.63, 3.8) is 0 Å². The molecule has 0 bridgehead atoms. The normalized spacial score (nSPS) is 11.4. The molecule has 0 spiro atoms. The van der Waals surface area contributed by atoms with Gasteiger partial charge in [0, 0.05) is 11.8 Å². The highest BCUT2D eigenvalue weighted by atomic mass is 19.4. The number of rotatable bonds is 2. The smallest absolute Gasteiger partial charge is 0.288 e. The Kier molecular flexibility index (Phi) is 3.52. The Morgan fingerprint density at radius 1 is 1.05 bits per heavy atom. The van der Waals surface area contributed by atoms with E-state index in [-0.39, 0.29) is 0 Å². The molecule has 0 unspecified atom stereocenters. The molecule has 0 aliphatic heterocycles. The van der Waals surface area contributed by atoms with Crippen LogP contribution in [0.3, 0.4) is 0 Å². The molecule has 7 heteroatoms. The average molecular weight is 287 g/mol. The minimum atomic E-state index is -4.93. The van der Waals surface area contributed by atoms with Crippen molar-refractivity contribution in [1.82, 2.24) is 4.98 Å². The van der Waals surface area contributed by atoms with Crippen molar-refractivity contribution in [2.75, 3.05) is 0 Å². The molecule has 2 nitrogen and oxygen atoms in total. The van der Waals surface area contributed by atoms with Gasteiger partial charge in [0.1, 0.15) is 5.82 Å². The summed E-state index contributed by atoms with van der Waals surface area (Å²) >= 11 is 0. The Bertz CT molecular complexity index is 666. The highest BCUT2D eigenvalue weighted by Crippen LogP contribution is 2.32. The van der Waals surface area contributed by atoms with Crippen molar-refractivity contribution in [2.24, 2.45) is 0 Å². The summed E-state index contributed by atoms with van der Waals surface area (Å²) in [5.41, 5.74) is -2.46. The Labute approximate surface area is 109 Å². The van der Waals surface area contributed by atoms with Crippen LogP contribution in [0.4, 0.5) is 22.0 Å². The first-order valence-electron chi connectivity index (χ1n) is 5.31. The van der Waals surface area contributed by atoms with Crippen LogP contribution in [0.25, 0.3) is 0 Å². The van der Waals surface area contributed by atoms with Gasteiger partial charge in [-0.25, -0.2) is 8.78 Å². The summed E-state index contributed by atoms with van der Waals surface area (Å²) in [6.45, 7) is 0. The number of ketones is 1. The molecule has 0 radical (unpaired) electrons. The molecule has 0 atom stereocenters. The topological polar surface area (TPSA) is 30.0 Å². The van der Waals surface area contributed by atoms with Gasteiger partial charge >= 0.3 is 6.18 Å². The van der Waals surface area contributed by atoms with Gasteiger partial charge in [0.15, 0.2) is 11.6 Å². The molecule has 1 heterocycles. The quantitative estimate of drug-likeness (QED) is 0.624. The monoisotopic (exact) mass is 287 g/mol. The summed E-state index contributed by atoms with van der Waals surface area (Å²) in [4.78, 5) is 15.3. The van der Waals surface area contributed by atoms with Gasteiger partial charge in [-0.1, -0.05) is 0 Å². The molecule has 1 aromatic carbocycles. The molecule has 0 saturated heterocycles. The van der Waals surface area contributed by atoms with E-state index in [1.165, 1.54) is 0 Å². The minimum absolute atomic E-state index is 0.359. The van der Waals surface area contributed by atoms with E-state index in [1.807, 2.05) is 0 Å². The zero-order valence-corrected chi connectivity index (χ0v) is 9.71. The third-order valence-corrected chi connectivity index (χ3v) is 2.55. The molecule has 0 N–H and O–H groups in total. The number of benzene rings is 1. The van der Waals surface area contributed by atoms with Crippen LogP contribution in [0.1, 0.15) is 21.5 Å². The van der Waals surface area contributed by atoms with Crippen molar-refractivity contribution in [2.45, 2.75) is 6.18 Å². The van der Waals surface area contributed by atoms with E-state index >= 15 is 0 Å². The van der Waals surface area contributed by atoms with Gasteiger partial charge in [0.25, 0.3) is 0 Å². The molecular weight excluding hydrogens is 281 g/mol. The summed E-state index contributed by atoms with van der Waals surface area (Å²) in [7, 11) is 0. The molecule has 0 saturated carbocycles. The summed E-state index contributed by atoms with van der Waals surface area (Å²) in [6, 6.07) is 2.79. The Morgan fingerprint density at radius 3 is 2.35 bits per heavy atom. The number of carbonyl (C=O) groups is 1. The van der Waals surface area contributed by atoms with E-state index in [0.29, 0.717) is 12.1 Å². The fourth-order valence-electron chi connectivity index (χ4n) is 1.60. The first-order valence-corrected chi connectivity index (χ1v) is 5.31. The van der Waals surface area contributed by atoms with E-state index < -0.39 is 40.3 Å². The van der Waals surface area contributed by atoms with Gasteiger partial charge in [0.05, 0.1) is 17.3 Å². The highest BCUT2D eigenvalue weighted by Gasteiger charge is 2.34. The SMILES string of the molecule is O=C(c1ccc(F)c(C(F)(F)F)c1)c1ccncc1F. The molecule has 0 aliphatic carbocycles. The first kappa shape index (κ1) is 14.1. The van der Waals surface area contributed by atoms with Gasteiger partial charge in [0.2, 0.25) is 0 Å². The molecule has 20 heavy (non-hydrogen) atoms. The highest BCUT2D eigenvalue weighted by molar-refractivity contribution is 6.09. The maximum absolute atomic E-state index is 13.4. The number of alkyl halides is 3. The summed E-state index contributed by atoms with van der Waals surface area (Å²) in [5, 5.41) is 0. The molecule has 0 aliphatic rings. The fraction of sp³-hybridized carbons (Fsp3) is 0.0769. The predicted octanol–water partition coefficient (Wildman–Crippen LogP) is 3.61. The lowest BCUT2D eigenvalue weighted by Crippen LogP contribution is -2.11. The third kappa shape index (κ3) is 2.66. The van der Waals surface area contributed by atoms with Gasteiger partial charge in [-0.2, -0.15) is 13.2 Å². The first-order chi connectivity index (χ1) is 9.30. The second kappa shape index (κ2) is 4.99. The Hall–Kier alpha value is -2.31. The number of hydrogen-bond acceptors (Lipinski definition) is 2. The van der Waals surface area contributed by atoms with E-state index in [0.717, 1.165) is 24.5 Å². The second-order valence-corrected chi connectivity index (χ2v) is 3.88. The number of hydrogen-bond donors (Lipinski definition) is 0. The fourth-order valence-corrected chi connectivity index (χ4v) is 1.60. The van der Waals surface area contributed by atoms with Gasteiger partial charge in [-0.05, 0) is 24.3 Å². The molecule has 0 amide bonds. The van der Waals surface area contributed by atoms with Crippen LogP contribution in [0, 0.1) is 11.6 Å². The number of carbonyl (C=O) groups excluding carboxylic acids is 1. The van der Waals surface area contributed by atoms with Gasteiger partial charge in [-0.15, -0.1) is 0 Å². The lowest BCUT2D eigenvalue weighted by molar-refractivity contribution is -0.140. The lowest BCUT2D eigenvalue weighted by Gasteiger charge is -2.09. The van der Waals surface area contributed by atoms with E-state index in [2.05, 4.69) is 4.98 Å². The minimum Gasteiger partial charge on any atom is -0.288 e. The van der Waals surface area contributed by atoms with Gasteiger partial charge in [-0.3, -0.25) is 9.78 Å². The van der Waals surface area contributed by atoms with Crippen molar-refractivity contribution >= 4 is 5.78 Å². The largest absolute Gasteiger partial charge is 0.419 e. The standard InChI is InChI=1S/C13H6F5NO/c14-10-2-1-7(5-9(10)13(16,17)18)12(20)8-3-4-19-6-11(8)15/h1-6H. The van der Waals surface area contributed by atoms with Crippen LogP contribution in [0.5, 0.6) is 0 Å². The molecule has 2 aromatic rings. The molecule has 2 rings (SSSR count). The predicted molar refractivity (Wildman–Crippen MR) is 59.0 cm³/mol. The zero-order valence-electron chi connectivity index (χ0n) is 9.71. The second-order valence-electron chi connectivity index (χ2n) is 3.88. The number of aromatic nitrogens is 1. The Balaban J connectivity index is 2.50. The van der Waals surface area contributed by atoms with Crippen LogP contribution in [0.15, 0.2) is 36.7 Å². The summed E-state index contributed by atoms with van der Waals surface area (Å²) < 4.78 is 64.1. The molecule has 1 aromatic heterocycles. The zero-order chi connectivity index (χ0) is 14.9. The summed E-state index contributed by atoms with van der Waals surface area (Å²) in [6.07, 6.45) is -3.04.